The molecule has 19 heavy (non-hydrogen) atoms. The Balaban J connectivity index is 3.00. The number of rotatable bonds is 7. The molecule has 0 radical (unpaired) electrons. The van der Waals surface area contributed by atoms with Gasteiger partial charge >= 0.3 is 5.69 Å². The molecule has 108 valence electrons. The van der Waals surface area contributed by atoms with E-state index in [0.717, 1.165) is 4.57 Å². The third kappa shape index (κ3) is 4.00. The minimum absolute atomic E-state index is 0.115. The summed E-state index contributed by atoms with van der Waals surface area (Å²) in [6, 6.07) is 0. The normalized spacial score (nSPS) is 14.3. The van der Waals surface area contributed by atoms with Gasteiger partial charge < -0.3 is 19.7 Å². The highest BCUT2D eigenvalue weighted by Crippen LogP contribution is 2.08. The number of aromatic amines is 1. The van der Waals surface area contributed by atoms with Crippen LogP contribution in [0.15, 0.2) is 15.8 Å². The molecular formula is C11H18N2O6. The third-order valence-electron chi connectivity index (χ3n) is 2.52. The molecule has 1 heterocycles. The summed E-state index contributed by atoms with van der Waals surface area (Å²) in [7, 11) is 1.44. The van der Waals surface area contributed by atoms with Crippen molar-refractivity contribution in [3.05, 3.63) is 32.6 Å². The smallest absolute Gasteiger partial charge is 0.330 e. The van der Waals surface area contributed by atoms with Crippen molar-refractivity contribution in [1.82, 2.24) is 9.55 Å². The number of nitrogens with zero attached hydrogens (tertiary/aromatic N) is 1. The molecule has 1 rings (SSSR count). The second-order valence-electron chi connectivity index (χ2n) is 4.01. The van der Waals surface area contributed by atoms with Crippen molar-refractivity contribution in [2.24, 2.45) is 0 Å². The Kier molecular flexibility index (Phi) is 5.90. The van der Waals surface area contributed by atoms with Crippen LogP contribution in [0.1, 0.15) is 11.8 Å². The van der Waals surface area contributed by atoms with Crippen molar-refractivity contribution in [2.45, 2.75) is 19.3 Å². The molecule has 0 saturated heterocycles. The Morgan fingerprint density at radius 1 is 1.37 bits per heavy atom. The van der Waals surface area contributed by atoms with Gasteiger partial charge in [0.1, 0.15) is 6.10 Å². The van der Waals surface area contributed by atoms with Crippen molar-refractivity contribution in [3.63, 3.8) is 0 Å². The lowest BCUT2D eigenvalue weighted by atomic mass is 10.3. The van der Waals surface area contributed by atoms with Crippen LogP contribution in [0.2, 0.25) is 0 Å². The fourth-order valence-electron chi connectivity index (χ4n) is 1.54. The first-order valence-electron chi connectivity index (χ1n) is 5.71. The quantitative estimate of drug-likeness (QED) is 0.549. The van der Waals surface area contributed by atoms with Crippen molar-refractivity contribution >= 4 is 0 Å². The summed E-state index contributed by atoms with van der Waals surface area (Å²) in [6.45, 7) is 0.846. The third-order valence-corrected chi connectivity index (χ3v) is 2.52. The van der Waals surface area contributed by atoms with Crippen LogP contribution in [-0.2, 0) is 9.47 Å². The Morgan fingerprint density at radius 3 is 2.58 bits per heavy atom. The lowest BCUT2D eigenvalue weighted by Crippen LogP contribution is -2.38. The average molecular weight is 274 g/mol. The van der Waals surface area contributed by atoms with Crippen molar-refractivity contribution in [1.29, 1.82) is 0 Å². The molecule has 0 aliphatic heterocycles. The van der Waals surface area contributed by atoms with Crippen LogP contribution in [0, 0.1) is 6.92 Å². The molecular weight excluding hydrogens is 256 g/mol. The van der Waals surface area contributed by atoms with Gasteiger partial charge in [-0.05, 0) is 6.92 Å². The van der Waals surface area contributed by atoms with Crippen molar-refractivity contribution < 1.29 is 19.7 Å². The van der Waals surface area contributed by atoms with Gasteiger partial charge in [-0.2, -0.15) is 0 Å². The van der Waals surface area contributed by atoms with Crippen LogP contribution in [-0.4, -0.2) is 52.8 Å². The van der Waals surface area contributed by atoms with Gasteiger partial charge in [-0.25, -0.2) is 4.79 Å². The Hall–Kier alpha value is -1.48. The fourth-order valence-corrected chi connectivity index (χ4v) is 1.54. The number of aliphatic hydroxyl groups excluding tert-OH is 2. The molecule has 1 aromatic heterocycles. The van der Waals surface area contributed by atoms with E-state index in [0.29, 0.717) is 5.56 Å². The molecule has 0 fully saturated rings. The minimum atomic E-state index is -1.00. The number of hydrogen-bond donors (Lipinski definition) is 3. The molecule has 0 bridgehead atoms. The predicted molar refractivity (Wildman–Crippen MR) is 66.0 cm³/mol. The first kappa shape index (κ1) is 15.6. The summed E-state index contributed by atoms with van der Waals surface area (Å²) in [5, 5.41) is 18.4. The lowest BCUT2D eigenvalue weighted by molar-refractivity contribution is -0.118. The number of H-pyrrole nitrogens is 1. The second-order valence-corrected chi connectivity index (χ2v) is 4.01. The van der Waals surface area contributed by atoms with Crippen LogP contribution in [0.4, 0.5) is 0 Å². The molecule has 0 spiro atoms. The van der Waals surface area contributed by atoms with Gasteiger partial charge in [0.2, 0.25) is 0 Å². The molecule has 2 atom stereocenters. The Morgan fingerprint density at radius 2 is 2.05 bits per heavy atom. The van der Waals surface area contributed by atoms with E-state index < -0.39 is 30.2 Å². The zero-order valence-corrected chi connectivity index (χ0v) is 10.8. The van der Waals surface area contributed by atoms with Gasteiger partial charge in [-0.1, -0.05) is 0 Å². The monoisotopic (exact) mass is 274 g/mol. The SMILES string of the molecule is COC[C@H](CO)O[C@H](CO)n1cc(C)c(=O)[nH]c1=O. The molecule has 1 aromatic rings. The van der Waals surface area contributed by atoms with Crippen molar-refractivity contribution in [3.8, 4) is 0 Å². The van der Waals surface area contributed by atoms with Gasteiger partial charge in [-0.3, -0.25) is 14.3 Å². The number of aryl methyl sites for hydroxylation is 1. The van der Waals surface area contributed by atoms with Gasteiger partial charge in [-0.15, -0.1) is 0 Å². The summed E-state index contributed by atoms with van der Waals surface area (Å²) in [6.07, 6.45) is -0.389. The van der Waals surface area contributed by atoms with Crippen LogP contribution in [0.25, 0.3) is 0 Å². The number of aromatic nitrogens is 2. The van der Waals surface area contributed by atoms with E-state index in [1.54, 1.807) is 0 Å². The molecule has 0 unspecified atom stereocenters. The molecule has 8 heteroatoms. The number of nitrogens with one attached hydrogen (secondary N) is 1. The van der Waals surface area contributed by atoms with Gasteiger partial charge in [0.05, 0.1) is 19.8 Å². The van der Waals surface area contributed by atoms with E-state index in [4.69, 9.17) is 14.6 Å². The maximum Gasteiger partial charge on any atom is 0.330 e. The molecule has 0 aromatic carbocycles. The van der Waals surface area contributed by atoms with Crippen molar-refractivity contribution in [2.75, 3.05) is 26.9 Å². The first-order chi connectivity index (χ1) is 9.03. The standard InChI is InChI=1S/C11H18N2O6/c1-7-3-13(11(17)12-10(7)16)9(5-15)19-8(4-14)6-18-2/h3,8-9,14-15H,4-6H2,1-2H3,(H,12,16,17)/t8-,9+/m0/s1. The highest BCUT2D eigenvalue weighted by Gasteiger charge is 2.18. The van der Waals surface area contributed by atoms with Crippen LogP contribution >= 0.6 is 0 Å². The van der Waals surface area contributed by atoms with Crippen LogP contribution in [0.3, 0.4) is 0 Å². The molecule has 0 amide bonds. The van der Waals surface area contributed by atoms with Gasteiger partial charge in [0, 0.05) is 18.9 Å². The predicted octanol–water partition coefficient (Wildman–Crippen LogP) is -1.64. The second kappa shape index (κ2) is 7.19. The number of methoxy groups -OCH3 is 1. The summed E-state index contributed by atoms with van der Waals surface area (Å²) < 4.78 is 11.3. The highest BCUT2D eigenvalue weighted by molar-refractivity contribution is 5.01. The van der Waals surface area contributed by atoms with E-state index >= 15 is 0 Å². The number of aliphatic hydroxyl groups is 2. The first-order valence-corrected chi connectivity index (χ1v) is 5.71. The zero-order chi connectivity index (χ0) is 14.4. The van der Waals surface area contributed by atoms with E-state index in [9.17, 15) is 14.7 Å². The van der Waals surface area contributed by atoms with E-state index in [-0.39, 0.29) is 13.2 Å². The minimum Gasteiger partial charge on any atom is -0.394 e. The average Bonchev–Trinajstić information content (AvgIpc) is 2.39. The van der Waals surface area contributed by atoms with E-state index in [2.05, 4.69) is 4.98 Å². The van der Waals surface area contributed by atoms with Gasteiger partial charge in [0.15, 0.2) is 6.23 Å². The Bertz CT molecular complexity index is 509. The molecule has 0 aliphatic rings. The molecule has 8 nitrogen and oxygen atoms in total. The molecule has 0 aliphatic carbocycles. The topological polar surface area (TPSA) is 114 Å². The number of ether oxygens (including phenoxy) is 2. The van der Waals surface area contributed by atoms with Crippen LogP contribution in [0.5, 0.6) is 0 Å². The number of hydrogen-bond acceptors (Lipinski definition) is 6. The largest absolute Gasteiger partial charge is 0.394 e. The summed E-state index contributed by atoms with van der Waals surface area (Å²) in [5.41, 5.74) is -0.869. The molecule has 3 N–H and O–H groups in total. The summed E-state index contributed by atoms with van der Waals surface area (Å²) in [4.78, 5) is 25.0. The zero-order valence-electron chi connectivity index (χ0n) is 10.8. The lowest BCUT2D eigenvalue weighted by Gasteiger charge is -2.23. The van der Waals surface area contributed by atoms with E-state index in [1.165, 1.54) is 20.2 Å². The maximum atomic E-state index is 11.6. The maximum absolute atomic E-state index is 11.6. The molecule has 0 saturated carbocycles. The van der Waals surface area contributed by atoms with Gasteiger partial charge in [0.25, 0.3) is 5.56 Å². The van der Waals surface area contributed by atoms with Crippen LogP contribution < -0.4 is 11.2 Å². The summed E-state index contributed by atoms with van der Waals surface area (Å²) >= 11 is 0. The summed E-state index contributed by atoms with van der Waals surface area (Å²) in [5.74, 6) is 0. The van der Waals surface area contributed by atoms with E-state index in [1.807, 2.05) is 0 Å². The fraction of sp³-hybridized carbons (Fsp3) is 0.636. The Labute approximate surface area is 109 Å². The highest BCUT2D eigenvalue weighted by atomic mass is 16.6.